The molecule has 1 fully saturated rings. The lowest BCUT2D eigenvalue weighted by Crippen LogP contribution is -2.36. The second kappa shape index (κ2) is 9.31. The summed E-state index contributed by atoms with van der Waals surface area (Å²) in [5.74, 6) is 0.298. The van der Waals surface area contributed by atoms with Gasteiger partial charge in [-0.1, -0.05) is 51.3 Å². The van der Waals surface area contributed by atoms with Crippen LogP contribution in [0.25, 0.3) is 0 Å². The number of benzene rings is 2. The topological polar surface area (TPSA) is 70.7 Å². The minimum Gasteiger partial charge on any atom is -0.388 e. The molecule has 2 aliphatic heterocycles. The Labute approximate surface area is 197 Å². The average molecular weight is 447 g/mol. The van der Waals surface area contributed by atoms with Crippen LogP contribution in [0.1, 0.15) is 47.8 Å². The zero-order valence-corrected chi connectivity index (χ0v) is 20.3. The normalized spacial score (nSPS) is 21.2. The molecule has 2 unspecified atom stereocenters. The van der Waals surface area contributed by atoms with Gasteiger partial charge in [-0.15, -0.1) is 0 Å². The van der Waals surface area contributed by atoms with Crippen LogP contribution in [0.2, 0.25) is 13.1 Å². The van der Waals surface area contributed by atoms with Crippen LogP contribution < -0.4 is 15.5 Å². The SMILES string of the molecule is CNc1cccc(C(=O)CC2NC(c3ccc4c(c3)C(C)(C)CN4C(=O)COC)CB2C)c1. The van der Waals surface area contributed by atoms with Crippen molar-refractivity contribution in [2.24, 2.45) is 0 Å². The summed E-state index contributed by atoms with van der Waals surface area (Å²) in [4.78, 5) is 27.3. The highest BCUT2D eigenvalue weighted by Gasteiger charge is 2.40. The number of nitrogens with zero attached hydrogens (tertiary/aromatic N) is 1. The number of anilines is 2. The molecule has 4 rings (SSSR count). The van der Waals surface area contributed by atoms with Crippen LogP contribution in [0.4, 0.5) is 11.4 Å². The van der Waals surface area contributed by atoms with E-state index in [4.69, 9.17) is 4.74 Å². The number of methoxy groups -OCH3 is 1. The van der Waals surface area contributed by atoms with Gasteiger partial charge in [0.25, 0.3) is 5.91 Å². The monoisotopic (exact) mass is 447 g/mol. The first kappa shape index (κ1) is 23.5. The Morgan fingerprint density at radius 2 is 2.03 bits per heavy atom. The quantitative estimate of drug-likeness (QED) is 0.497. The second-order valence-electron chi connectivity index (χ2n) is 10.1. The zero-order valence-electron chi connectivity index (χ0n) is 20.3. The molecule has 6 nitrogen and oxygen atoms in total. The molecule has 0 aromatic heterocycles. The van der Waals surface area contributed by atoms with E-state index in [1.54, 1.807) is 7.11 Å². The van der Waals surface area contributed by atoms with Gasteiger partial charge in [0, 0.05) is 55.5 Å². The molecule has 1 saturated heterocycles. The zero-order chi connectivity index (χ0) is 23.8. The highest BCUT2D eigenvalue weighted by atomic mass is 16.5. The molecule has 2 atom stereocenters. The average Bonchev–Trinajstić information content (AvgIpc) is 3.30. The van der Waals surface area contributed by atoms with Gasteiger partial charge in [0.05, 0.1) is 0 Å². The van der Waals surface area contributed by atoms with E-state index in [1.807, 2.05) is 36.2 Å². The van der Waals surface area contributed by atoms with Gasteiger partial charge in [-0.2, -0.15) is 0 Å². The van der Waals surface area contributed by atoms with Crippen molar-refractivity contribution in [2.75, 3.05) is 37.5 Å². The molecule has 0 aliphatic carbocycles. The van der Waals surface area contributed by atoms with Crippen LogP contribution in [0.5, 0.6) is 0 Å². The molecule has 2 aromatic rings. The molecule has 33 heavy (non-hydrogen) atoms. The molecule has 0 radical (unpaired) electrons. The van der Waals surface area contributed by atoms with E-state index in [0.717, 1.165) is 23.3 Å². The first-order chi connectivity index (χ1) is 15.7. The molecule has 174 valence electrons. The first-order valence-corrected chi connectivity index (χ1v) is 11.7. The Morgan fingerprint density at radius 1 is 1.24 bits per heavy atom. The number of amides is 1. The molecular weight excluding hydrogens is 413 g/mol. The van der Waals surface area contributed by atoms with E-state index in [9.17, 15) is 9.59 Å². The first-order valence-electron chi connectivity index (χ1n) is 11.7. The molecule has 2 aliphatic rings. The van der Waals surface area contributed by atoms with Crippen molar-refractivity contribution in [2.45, 2.75) is 50.8 Å². The van der Waals surface area contributed by atoms with Crippen LogP contribution >= 0.6 is 0 Å². The maximum atomic E-state index is 12.9. The van der Waals surface area contributed by atoms with Gasteiger partial charge in [-0.3, -0.25) is 9.59 Å². The lowest BCUT2D eigenvalue weighted by molar-refractivity contribution is -0.122. The molecule has 0 bridgehead atoms. The fourth-order valence-corrected chi connectivity index (χ4v) is 5.22. The van der Waals surface area contributed by atoms with Gasteiger partial charge in [0.15, 0.2) is 12.5 Å². The molecule has 0 saturated carbocycles. The van der Waals surface area contributed by atoms with Gasteiger partial charge in [0.2, 0.25) is 0 Å². The number of nitrogens with one attached hydrogen (secondary N) is 2. The van der Waals surface area contributed by atoms with Crippen LogP contribution in [-0.2, 0) is 14.9 Å². The highest BCUT2D eigenvalue weighted by Crippen LogP contribution is 2.42. The highest BCUT2D eigenvalue weighted by molar-refractivity contribution is 6.60. The summed E-state index contributed by atoms with van der Waals surface area (Å²) in [5, 5.41) is 6.82. The Hall–Kier alpha value is -2.64. The van der Waals surface area contributed by atoms with E-state index in [0.29, 0.717) is 19.7 Å². The van der Waals surface area contributed by atoms with Crippen molar-refractivity contribution in [1.29, 1.82) is 0 Å². The summed E-state index contributed by atoms with van der Waals surface area (Å²) in [6.45, 7) is 7.73. The fraction of sp³-hybridized carbons (Fsp3) is 0.462. The van der Waals surface area contributed by atoms with Gasteiger partial charge < -0.3 is 20.3 Å². The van der Waals surface area contributed by atoms with Crippen molar-refractivity contribution in [3.05, 3.63) is 59.2 Å². The third kappa shape index (κ3) is 4.70. The van der Waals surface area contributed by atoms with Crippen molar-refractivity contribution in [3.63, 3.8) is 0 Å². The summed E-state index contributed by atoms with van der Waals surface area (Å²) in [5.41, 5.74) is 4.98. The molecule has 0 spiro atoms. The van der Waals surface area contributed by atoms with E-state index >= 15 is 0 Å². The van der Waals surface area contributed by atoms with Gasteiger partial charge >= 0.3 is 0 Å². The molecular formula is C26H34BN3O3. The molecule has 1 amide bonds. The van der Waals surface area contributed by atoms with Gasteiger partial charge in [0.1, 0.15) is 6.61 Å². The standard InChI is InChI=1S/C26H34BN3O3/c1-26(2)16-30(25(32)15-33-5)22-10-9-17(12-20(22)26)21-14-27(3)24(29-21)13-23(31)18-7-6-8-19(11-18)28-4/h6-12,21,24,28-29H,13-16H2,1-5H3. The van der Waals surface area contributed by atoms with Crippen molar-refractivity contribution < 1.29 is 14.3 Å². The lowest BCUT2D eigenvalue weighted by Gasteiger charge is -2.21. The Kier molecular flexibility index (Phi) is 6.64. The smallest absolute Gasteiger partial charge is 0.252 e. The van der Waals surface area contributed by atoms with E-state index in [1.165, 1.54) is 11.1 Å². The number of carbonyl (C=O) groups is 2. The number of ketones is 1. The number of ether oxygens (including phenoxy) is 1. The second-order valence-corrected chi connectivity index (χ2v) is 10.1. The van der Waals surface area contributed by atoms with Crippen molar-refractivity contribution >= 4 is 29.8 Å². The summed E-state index contributed by atoms with van der Waals surface area (Å²) in [6.07, 6.45) is 1.47. The predicted octanol–water partition coefficient (Wildman–Crippen LogP) is 3.95. The summed E-state index contributed by atoms with van der Waals surface area (Å²) in [7, 11) is 3.41. The number of Topliss-reactive ketones (excluding diaryl/α,β-unsaturated/α-hetero) is 1. The van der Waals surface area contributed by atoms with Crippen LogP contribution in [0, 0.1) is 0 Å². The Balaban J connectivity index is 1.49. The number of hydrogen-bond acceptors (Lipinski definition) is 5. The molecule has 7 heteroatoms. The van der Waals surface area contributed by atoms with Gasteiger partial charge in [-0.25, -0.2) is 0 Å². The van der Waals surface area contributed by atoms with Crippen LogP contribution in [0.3, 0.4) is 0 Å². The third-order valence-corrected chi connectivity index (χ3v) is 7.15. The number of hydrogen-bond donors (Lipinski definition) is 2. The van der Waals surface area contributed by atoms with Gasteiger partial charge in [-0.05, 0) is 35.3 Å². The minimum absolute atomic E-state index is 0.00870. The largest absolute Gasteiger partial charge is 0.388 e. The number of fused-ring (bicyclic) bond motifs is 1. The predicted molar refractivity (Wildman–Crippen MR) is 135 cm³/mol. The maximum Gasteiger partial charge on any atom is 0.252 e. The Bertz CT molecular complexity index is 1050. The van der Waals surface area contributed by atoms with E-state index in [2.05, 4.69) is 49.5 Å². The summed E-state index contributed by atoms with van der Waals surface area (Å²) in [6, 6.07) is 14.3. The minimum atomic E-state index is -0.118. The summed E-state index contributed by atoms with van der Waals surface area (Å²) < 4.78 is 5.07. The molecule has 2 heterocycles. The number of rotatable bonds is 7. The fourth-order valence-electron chi connectivity index (χ4n) is 5.22. The van der Waals surface area contributed by atoms with Crippen molar-refractivity contribution in [1.82, 2.24) is 5.32 Å². The molecule has 2 aromatic carbocycles. The third-order valence-electron chi connectivity index (χ3n) is 7.15. The van der Waals surface area contributed by atoms with E-state index in [-0.39, 0.29) is 35.7 Å². The van der Waals surface area contributed by atoms with Crippen molar-refractivity contribution in [3.8, 4) is 0 Å². The summed E-state index contributed by atoms with van der Waals surface area (Å²) >= 11 is 0. The van der Waals surface area contributed by atoms with E-state index < -0.39 is 0 Å². The van der Waals surface area contributed by atoms with Crippen LogP contribution in [-0.4, -0.2) is 51.7 Å². The lowest BCUT2D eigenvalue weighted by atomic mass is 9.44. The van der Waals surface area contributed by atoms with Crippen LogP contribution in [0.15, 0.2) is 42.5 Å². The Morgan fingerprint density at radius 3 is 2.76 bits per heavy atom. The molecule has 2 N–H and O–H groups in total. The maximum absolute atomic E-state index is 12.9. The number of carbonyl (C=O) groups excluding carboxylic acids is 2.